The molecule has 21 heavy (non-hydrogen) atoms. The average Bonchev–Trinajstić information content (AvgIpc) is 2.96. The number of nitrogens with one attached hydrogen (secondary N) is 1. The third kappa shape index (κ3) is 2.98. The Morgan fingerprint density at radius 2 is 2.10 bits per heavy atom. The van der Waals surface area contributed by atoms with Gasteiger partial charge in [0.15, 0.2) is 11.5 Å². The van der Waals surface area contributed by atoms with Gasteiger partial charge >= 0.3 is 0 Å². The summed E-state index contributed by atoms with van der Waals surface area (Å²) in [6.07, 6.45) is 4.14. The molecule has 2 aromatic rings. The van der Waals surface area contributed by atoms with Crippen LogP contribution in [0.15, 0.2) is 41.1 Å². The van der Waals surface area contributed by atoms with Crippen molar-refractivity contribution in [3.05, 3.63) is 46.8 Å². The zero-order valence-electron chi connectivity index (χ0n) is 11.3. The average molecular weight is 344 g/mol. The van der Waals surface area contributed by atoms with E-state index in [1.807, 2.05) is 18.2 Å². The molecule has 6 heteroatoms. The SMILES string of the molecule is N#Cc1nccnc1NC1CCN(c2ccccc2Br)C1. The van der Waals surface area contributed by atoms with Gasteiger partial charge in [-0.3, -0.25) is 0 Å². The Bertz CT molecular complexity index is 682. The molecule has 0 amide bonds. The van der Waals surface area contributed by atoms with Gasteiger partial charge in [-0.2, -0.15) is 5.26 Å². The van der Waals surface area contributed by atoms with Gasteiger partial charge in [0.2, 0.25) is 0 Å². The third-order valence-electron chi connectivity index (χ3n) is 3.53. The monoisotopic (exact) mass is 343 g/mol. The number of halogens is 1. The van der Waals surface area contributed by atoms with Crippen LogP contribution in [-0.4, -0.2) is 29.1 Å². The number of rotatable bonds is 3. The van der Waals surface area contributed by atoms with Gasteiger partial charge in [0, 0.05) is 36.0 Å². The number of benzene rings is 1. The molecule has 0 bridgehead atoms. The van der Waals surface area contributed by atoms with Crippen molar-refractivity contribution in [1.29, 1.82) is 5.26 Å². The second kappa shape index (κ2) is 6.10. The van der Waals surface area contributed by atoms with Crippen molar-refractivity contribution in [3.8, 4) is 6.07 Å². The summed E-state index contributed by atoms with van der Waals surface area (Å²) in [6.45, 7) is 1.85. The van der Waals surface area contributed by atoms with Crippen LogP contribution in [-0.2, 0) is 0 Å². The van der Waals surface area contributed by atoms with Crippen molar-refractivity contribution in [3.63, 3.8) is 0 Å². The molecule has 0 radical (unpaired) electrons. The van der Waals surface area contributed by atoms with Gasteiger partial charge in [0.05, 0.1) is 5.69 Å². The molecule has 1 saturated heterocycles. The fourth-order valence-electron chi connectivity index (χ4n) is 2.52. The second-order valence-electron chi connectivity index (χ2n) is 4.89. The molecular formula is C15H14BrN5. The lowest BCUT2D eigenvalue weighted by molar-refractivity contribution is 0.798. The molecule has 5 nitrogen and oxygen atoms in total. The molecule has 1 aromatic heterocycles. The maximum absolute atomic E-state index is 9.05. The summed E-state index contributed by atoms with van der Waals surface area (Å²) in [5.41, 5.74) is 1.54. The van der Waals surface area contributed by atoms with E-state index in [1.54, 1.807) is 6.20 Å². The molecule has 1 aromatic carbocycles. The Morgan fingerprint density at radius 1 is 1.29 bits per heavy atom. The van der Waals surface area contributed by atoms with Gasteiger partial charge in [-0.15, -0.1) is 0 Å². The number of nitriles is 1. The van der Waals surface area contributed by atoms with E-state index >= 15 is 0 Å². The number of anilines is 2. The first-order valence-electron chi connectivity index (χ1n) is 6.75. The van der Waals surface area contributed by atoms with Crippen LogP contribution in [0.2, 0.25) is 0 Å². The summed E-state index contributed by atoms with van der Waals surface area (Å²) >= 11 is 3.59. The highest BCUT2D eigenvalue weighted by Crippen LogP contribution is 2.29. The minimum absolute atomic E-state index is 0.265. The topological polar surface area (TPSA) is 64.8 Å². The molecule has 3 rings (SSSR count). The first-order valence-corrected chi connectivity index (χ1v) is 7.54. The van der Waals surface area contributed by atoms with Crippen molar-refractivity contribution in [2.45, 2.75) is 12.5 Å². The van der Waals surface area contributed by atoms with Crippen molar-refractivity contribution in [2.75, 3.05) is 23.3 Å². The Morgan fingerprint density at radius 3 is 2.90 bits per heavy atom. The molecule has 0 spiro atoms. The Hall–Kier alpha value is -2.13. The van der Waals surface area contributed by atoms with E-state index in [1.165, 1.54) is 11.9 Å². The number of hydrogen-bond donors (Lipinski definition) is 1. The van der Waals surface area contributed by atoms with E-state index in [2.05, 4.69) is 48.3 Å². The fraction of sp³-hybridized carbons (Fsp3) is 0.267. The standard InChI is InChI=1S/C15H14BrN5/c16-12-3-1-2-4-14(12)21-8-5-11(10-21)20-15-13(9-17)18-6-7-19-15/h1-4,6-7,11H,5,8,10H2,(H,19,20). The van der Waals surface area contributed by atoms with E-state index in [-0.39, 0.29) is 6.04 Å². The predicted octanol–water partition coefficient (Wildman–Crippen LogP) is 2.80. The van der Waals surface area contributed by atoms with E-state index < -0.39 is 0 Å². The number of aromatic nitrogens is 2. The minimum atomic E-state index is 0.265. The van der Waals surface area contributed by atoms with Gasteiger partial charge in [0.25, 0.3) is 0 Å². The van der Waals surface area contributed by atoms with Crippen LogP contribution in [0.3, 0.4) is 0 Å². The summed E-state index contributed by atoms with van der Waals surface area (Å²) in [6, 6.07) is 10.5. The smallest absolute Gasteiger partial charge is 0.182 e. The van der Waals surface area contributed by atoms with Crippen LogP contribution in [0, 0.1) is 11.3 Å². The van der Waals surface area contributed by atoms with Crippen LogP contribution in [0.4, 0.5) is 11.5 Å². The molecule has 1 fully saturated rings. The minimum Gasteiger partial charge on any atom is -0.368 e. The quantitative estimate of drug-likeness (QED) is 0.928. The van der Waals surface area contributed by atoms with Crippen LogP contribution in [0.1, 0.15) is 12.1 Å². The Balaban J connectivity index is 1.71. The van der Waals surface area contributed by atoms with Gasteiger partial charge in [-0.1, -0.05) is 12.1 Å². The lowest BCUT2D eigenvalue weighted by atomic mass is 10.2. The van der Waals surface area contributed by atoms with Crippen molar-refractivity contribution in [2.24, 2.45) is 0 Å². The van der Waals surface area contributed by atoms with Crippen molar-refractivity contribution in [1.82, 2.24) is 9.97 Å². The predicted molar refractivity (Wildman–Crippen MR) is 85.1 cm³/mol. The molecule has 0 aliphatic carbocycles. The molecule has 1 aliphatic rings. The van der Waals surface area contributed by atoms with E-state index in [4.69, 9.17) is 5.26 Å². The van der Waals surface area contributed by atoms with Gasteiger partial charge < -0.3 is 10.2 Å². The number of para-hydroxylation sites is 1. The highest BCUT2D eigenvalue weighted by Gasteiger charge is 2.24. The van der Waals surface area contributed by atoms with E-state index in [0.717, 1.165) is 24.0 Å². The highest BCUT2D eigenvalue weighted by atomic mass is 79.9. The molecule has 1 unspecified atom stereocenters. The van der Waals surface area contributed by atoms with E-state index in [9.17, 15) is 0 Å². The van der Waals surface area contributed by atoms with Crippen molar-refractivity contribution < 1.29 is 0 Å². The van der Waals surface area contributed by atoms with Crippen LogP contribution in [0.25, 0.3) is 0 Å². The molecule has 2 heterocycles. The van der Waals surface area contributed by atoms with Crippen LogP contribution in [0.5, 0.6) is 0 Å². The number of hydrogen-bond acceptors (Lipinski definition) is 5. The van der Waals surface area contributed by atoms with Crippen LogP contribution >= 0.6 is 15.9 Å². The summed E-state index contributed by atoms with van der Waals surface area (Å²) in [4.78, 5) is 10.6. The summed E-state index contributed by atoms with van der Waals surface area (Å²) in [5, 5.41) is 12.4. The first-order chi connectivity index (χ1) is 10.3. The Labute approximate surface area is 131 Å². The molecule has 106 valence electrons. The molecule has 1 aliphatic heterocycles. The lowest BCUT2D eigenvalue weighted by Crippen LogP contribution is -2.27. The number of nitrogens with zero attached hydrogens (tertiary/aromatic N) is 4. The highest BCUT2D eigenvalue weighted by molar-refractivity contribution is 9.10. The maximum Gasteiger partial charge on any atom is 0.182 e. The normalized spacial score (nSPS) is 17.5. The summed E-state index contributed by atoms with van der Waals surface area (Å²) in [5.74, 6) is 0.568. The zero-order chi connectivity index (χ0) is 14.7. The fourth-order valence-corrected chi connectivity index (χ4v) is 3.06. The van der Waals surface area contributed by atoms with E-state index in [0.29, 0.717) is 11.5 Å². The third-order valence-corrected chi connectivity index (χ3v) is 4.20. The maximum atomic E-state index is 9.05. The zero-order valence-corrected chi connectivity index (χ0v) is 12.9. The summed E-state index contributed by atoms with van der Waals surface area (Å²) in [7, 11) is 0. The van der Waals surface area contributed by atoms with Gasteiger partial charge in [-0.05, 0) is 34.5 Å². The molecule has 0 saturated carbocycles. The molecule has 1 N–H and O–H groups in total. The Kier molecular flexibility index (Phi) is 4.02. The molecule has 1 atom stereocenters. The van der Waals surface area contributed by atoms with Crippen LogP contribution < -0.4 is 10.2 Å². The van der Waals surface area contributed by atoms with Gasteiger partial charge in [0.1, 0.15) is 6.07 Å². The lowest BCUT2D eigenvalue weighted by Gasteiger charge is -2.20. The van der Waals surface area contributed by atoms with Gasteiger partial charge in [-0.25, -0.2) is 9.97 Å². The first kappa shape index (κ1) is 13.8. The summed E-state index contributed by atoms with van der Waals surface area (Å²) < 4.78 is 1.10. The largest absolute Gasteiger partial charge is 0.368 e. The second-order valence-corrected chi connectivity index (χ2v) is 5.75. The molecular weight excluding hydrogens is 330 g/mol. The van der Waals surface area contributed by atoms with Crippen molar-refractivity contribution >= 4 is 27.4 Å².